The van der Waals surface area contributed by atoms with Crippen molar-refractivity contribution in [2.24, 2.45) is 0 Å². The van der Waals surface area contributed by atoms with E-state index in [4.69, 9.17) is 0 Å². The summed E-state index contributed by atoms with van der Waals surface area (Å²) in [6.07, 6.45) is 13.0. The van der Waals surface area contributed by atoms with Crippen LogP contribution in [-0.4, -0.2) is 16.4 Å². The maximum Gasteiger partial charge on any atom is 0.320 e. The van der Waals surface area contributed by atoms with Crippen molar-refractivity contribution < 1.29 is 9.59 Å². The van der Waals surface area contributed by atoms with Crippen molar-refractivity contribution in [1.82, 2.24) is 9.88 Å². The second kappa shape index (κ2) is 8.63. The van der Waals surface area contributed by atoms with Gasteiger partial charge in [0.25, 0.3) is 0 Å². The van der Waals surface area contributed by atoms with Crippen LogP contribution in [0.4, 0.5) is 9.80 Å². The number of nitrogens with zero attached hydrogens (tertiary/aromatic N) is 1. The number of urea groups is 1. The first-order chi connectivity index (χ1) is 15.1. The molecule has 2 aliphatic carbocycles. The van der Waals surface area contributed by atoms with Crippen molar-refractivity contribution >= 4 is 39.5 Å². The van der Waals surface area contributed by atoms with Crippen LogP contribution in [0.2, 0.25) is 0 Å². The summed E-state index contributed by atoms with van der Waals surface area (Å²) in [6.45, 7) is 2.09. The molecule has 0 fully saturated rings. The molecule has 0 spiro atoms. The van der Waals surface area contributed by atoms with Crippen LogP contribution < -0.4 is 10.6 Å². The third kappa shape index (κ3) is 3.96. The Hall–Kier alpha value is -2.38. The van der Waals surface area contributed by atoms with Gasteiger partial charge in [-0.2, -0.15) is 0 Å². The van der Waals surface area contributed by atoms with E-state index in [2.05, 4.69) is 27.6 Å². The van der Waals surface area contributed by atoms with Crippen LogP contribution in [0.15, 0.2) is 24.5 Å². The third-order valence-electron chi connectivity index (χ3n) is 6.27. The van der Waals surface area contributed by atoms with E-state index in [-0.39, 0.29) is 11.8 Å². The topological polar surface area (TPSA) is 63.1 Å². The molecule has 5 nitrogen and oxygen atoms in total. The molecule has 3 aromatic rings. The molecule has 3 aromatic heterocycles. The first-order valence-corrected chi connectivity index (χ1v) is 12.7. The zero-order valence-electron chi connectivity index (χ0n) is 17.8. The molecular weight excluding hydrogens is 426 g/mol. The molecule has 162 valence electrons. The summed E-state index contributed by atoms with van der Waals surface area (Å²) in [5, 5.41) is 7.97. The normalized spacial score (nSPS) is 15.3. The Labute approximate surface area is 190 Å². The molecular formula is C24H27N3O2S2. The number of aromatic nitrogens is 1. The number of amides is 2. The highest BCUT2D eigenvalue weighted by Crippen LogP contribution is 2.39. The average Bonchev–Trinajstić information content (AvgIpc) is 3.48. The summed E-state index contributed by atoms with van der Waals surface area (Å²) in [6, 6.07) is 3.82. The van der Waals surface area contributed by atoms with Gasteiger partial charge in [0.1, 0.15) is 10.0 Å². The lowest BCUT2D eigenvalue weighted by atomic mass is 9.94. The first kappa shape index (κ1) is 20.5. The van der Waals surface area contributed by atoms with Crippen LogP contribution in [0.5, 0.6) is 0 Å². The number of hydrogen-bond acceptors (Lipinski definition) is 4. The van der Waals surface area contributed by atoms with Gasteiger partial charge < -0.3 is 9.88 Å². The monoisotopic (exact) mass is 453 g/mol. The van der Waals surface area contributed by atoms with Gasteiger partial charge in [-0.15, -0.1) is 22.7 Å². The number of aryl methyl sites for hydroxylation is 2. The minimum Gasteiger partial charge on any atom is -0.334 e. The van der Waals surface area contributed by atoms with E-state index in [1.807, 2.05) is 23.5 Å². The standard InChI is InChI=1S/C24H27N3O2S2/c1-15(28)21-17-9-3-5-11-20(17)30-22(21)26-24(29)25-14-18-16-8-2-4-10-19(16)31-23(18)27-12-6-7-13-27/h6-7,12-13H,2-5,8-11,14H2,1H3,(H2,25,26,29). The number of hydrogen-bond donors (Lipinski definition) is 2. The molecule has 0 aromatic carbocycles. The Balaban J connectivity index is 1.36. The Morgan fingerprint density at radius 3 is 2.29 bits per heavy atom. The number of nitrogens with one attached hydrogen (secondary N) is 2. The molecule has 2 amide bonds. The summed E-state index contributed by atoms with van der Waals surface area (Å²) in [5.41, 5.74) is 4.51. The highest BCUT2D eigenvalue weighted by Gasteiger charge is 2.25. The third-order valence-corrected chi connectivity index (χ3v) is 8.83. The van der Waals surface area contributed by atoms with Gasteiger partial charge in [-0.25, -0.2) is 4.79 Å². The molecule has 0 saturated heterocycles. The number of carbonyl (C=O) groups excluding carboxylic acids is 2. The van der Waals surface area contributed by atoms with E-state index >= 15 is 0 Å². The second-order valence-electron chi connectivity index (χ2n) is 8.36. The Kier molecular flexibility index (Phi) is 5.71. The molecule has 31 heavy (non-hydrogen) atoms. The zero-order valence-corrected chi connectivity index (χ0v) is 19.4. The fourth-order valence-corrected chi connectivity index (χ4v) is 7.53. The molecule has 0 atom stereocenters. The number of fused-ring (bicyclic) bond motifs is 2. The number of carbonyl (C=O) groups is 2. The van der Waals surface area contributed by atoms with Gasteiger partial charge in [-0.1, -0.05) is 0 Å². The number of Topliss-reactive ketones (excluding diaryl/α,β-unsaturated/α-hetero) is 1. The van der Waals surface area contributed by atoms with Crippen molar-refractivity contribution in [2.75, 3.05) is 5.32 Å². The maximum atomic E-state index is 12.8. The van der Waals surface area contributed by atoms with E-state index in [1.165, 1.54) is 38.7 Å². The molecule has 7 heteroatoms. The molecule has 0 unspecified atom stereocenters. The highest BCUT2D eigenvalue weighted by molar-refractivity contribution is 7.17. The lowest BCUT2D eigenvalue weighted by Crippen LogP contribution is -2.29. The van der Waals surface area contributed by atoms with Crippen molar-refractivity contribution in [1.29, 1.82) is 0 Å². The predicted molar refractivity (Wildman–Crippen MR) is 127 cm³/mol. The Morgan fingerprint density at radius 1 is 0.935 bits per heavy atom. The lowest BCUT2D eigenvalue weighted by Gasteiger charge is -2.14. The summed E-state index contributed by atoms with van der Waals surface area (Å²) in [4.78, 5) is 27.8. The molecule has 5 rings (SSSR count). The van der Waals surface area contributed by atoms with Crippen LogP contribution in [0.3, 0.4) is 0 Å². The zero-order chi connectivity index (χ0) is 21.4. The van der Waals surface area contributed by atoms with Gasteiger partial charge in [0, 0.05) is 34.3 Å². The molecule has 2 aliphatic rings. The fraction of sp³-hybridized carbons (Fsp3) is 0.417. The number of thiophene rings is 2. The van der Waals surface area contributed by atoms with E-state index < -0.39 is 0 Å². The summed E-state index contributed by atoms with van der Waals surface area (Å²) in [5.74, 6) is 0.0384. The van der Waals surface area contributed by atoms with Gasteiger partial charge in [-0.3, -0.25) is 10.1 Å². The molecule has 0 radical (unpaired) electrons. The van der Waals surface area contributed by atoms with Crippen LogP contribution >= 0.6 is 22.7 Å². The van der Waals surface area contributed by atoms with Crippen LogP contribution in [0.1, 0.15) is 69.4 Å². The van der Waals surface area contributed by atoms with Crippen LogP contribution in [-0.2, 0) is 32.2 Å². The number of ketones is 1. The SMILES string of the molecule is CC(=O)c1c(NC(=O)NCc2c(-n3cccc3)sc3c2CCCC3)sc2c1CCCC2. The fourth-order valence-electron chi connectivity index (χ4n) is 4.82. The second-order valence-corrected chi connectivity index (χ2v) is 10.6. The van der Waals surface area contributed by atoms with Gasteiger partial charge >= 0.3 is 6.03 Å². The first-order valence-electron chi connectivity index (χ1n) is 11.1. The lowest BCUT2D eigenvalue weighted by molar-refractivity contribution is 0.101. The van der Waals surface area contributed by atoms with Crippen molar-refractivity contribution in [2.45, 2.75) is 64.8 Å². The minimum atomic E-state index is -0.240. The van der Waals surface area contributed by atoms with Crippen molar-refractivity contribution in [3.63, 3.8) is 0 Å². The largest absolute Gasteiger partial charge is 0.334 e. The van der Waals surface area contributed by atoms with Crippen molar-refractivity contribution in [3.8, 4) is 5.00 Å². The van der Waals surface area contributed by atoms with Crippen molar-refractivity contribution in [3.05, 3.63) is 56.5 Å². The molecule has 0 aliphatic heterocycles. The predicted octanol–water partition coefficient (Wildman–Crippen LogP) is 5.88. The van der Waals surface area contributed by atoms with Gasteiger partial charge in [0.2, 0.25) is 0 Å². The van der Waals surface area contributed by atoms with E-state index in [0.717, 1.165) is 49.7 Å². The smallest absolute Gasteiger partial charge is 0.320 e. The molecule has 3 heterocycles. The maximum absolute atomic E-state index is 12.8. The molecule has 0 bridgehead atoms. The van der Waals surface area contributed by atoms with Gasteiger partial charge in [0.15, 0.2) is 5.78 Å². The minimum absolute atomic E-state index is 0.0384. The van der Waals surface area contributed by atoms with E-state index in [9.17, 15) is 9.59 Å². The Morgan fingerprint density at radius 2 is 1.58 bits per heavy atom. The highest BCUT2D eigenvalue weighted by atomic mass is 32.1. The summed E-state index contributed by atoms with van der Waals surface area (Å²) in [7, 11) is 0. The van der Waals surface area contributed by atoms with Crippen LogP contribution in [0, 0.1) is 0 Å². The number of rotatable bonds is 5. The molecule has 2 N–H and O–H groups in total. The van der Waals surface area contributed by atoms with Crippen LogP contribution in [0.25, 0.3) is 5.00 Å². The van der Waals surface area contributed by atoms with Gasteiger partial charge in [-0.05, 0) is 81.5 Å². The van der Waals surface area contributed by atoms with E-state index in [0.29, 0.717) is 11.5 Å². The summed E-state index contributed by atoms with van der Waals surface area (Å²) >= 11 is 3.42. The summed E-state index contributed by atoms with van der Waals surface area (Å²) < 4.78 is 2.15. The van der Waals surface area contributed by atoms with E-state index in [1.54, 1.807) is 18.3 Å². The average molecular weight is 454 g/mol. The Bertz CT molecular complexity index is 1120. The molecule has 0 saturated carbocycles. The number of anilines is 1. The van der Waals surface area contributed by atoms with Gasteiger partial charge in [0.05, 0.1) is 5.56 Å². The quantitative estimate of drug-likeness (QED) is 0.474.